The SMILES string of the molecule is CCCCCCc1cc(C)oc1C#Cc1ccnc(-c2cc(C(=O)O)cc(-c3cc(C(=O)O)ccn3)n2)c1. The van der Waals surface area contributed by atoms with Crippen LogP contribution in [0.25, 0.3) is 22.8 Å². The summed E-state index contributed by atoms with van der Waals surface area (Å²) in [7, 11) is 0. The number of pyridine rings is 3. The minimum atomic E-state index is -1.15. The Labute approximate surface area is 220 Å². The normalized spacial score (nSPS) is 10.6. The Bertz CT molecular complexity index is 1540. The average molecular weight is 510 g/mol. The molecule has 8 nitrogen and oxygen atoms in total. The molecule has 0 unspecified atom stereocenters. The van der Waals surface area contributed by atoms with Gasteiger partial charge in [-0.15, -0.1) is 0 Å². The molecule has 0 saturated carbocycles. The molecule has 0 aliphatic rings. The number of carboxylic acids is 2. The molecule has 0 bridgehead atoms. The molecule has 4 aromatic heterocycles. The number of rotatable bonds is 9. The summed E-state index contributed by atoms with van der Waals surface area (Å²) in [5, 5.41) is 19.0. The molecule has 0 aromatic carbocycles. The third-order valence-electron chi connectivity index (χ3n) is 5.92. The topological polar surface area (TPSA) is 126 Å². The Morgan fingerprint density at radius 2 is 1.47 bits per heavy atom. The van der Waals surface area contributed by atoms with E-state index in [2.05, 4.69) is 33.7 Å². The number of furan rings is 1. The van der Waals surface area contributed by atoms with Crippen LogP contribution < -0.4 is 0 Å². The fraction of sp³-hybridized carbons (Fsp3) is 0.233. The first-order chi connectivity index (χ1) is 18.3. The number of unbranched alkanes of at least 4 members (excludes halogenated alkanes) is 3. The molecule has 0 fully saturated rings. The van der Waals surface area contributed by atoms with Gasteiger partial charge in [0.05, 0.1) is 33.9 Å². The first-order valence-corrected chi connectivity index (χ1v) is 12.4. The predicted octanol–water partition coefficient (Wildman–Crippen LogP) is 6.03. The van der Waals surface area contributed by atoms with Crippen molar-refractivity contribution in [3.63, 3.8) is 0 Å². The quantitative estimate of drug-likeness (QED) is 0.207. The molecule has 0 spiro atoms. The van der Waals surface area contributed by atoms with Crippen LogP contribution in [-0.2, 0) is 6.42 Å². The minimum absolute atomic E-state index is 0.0207. The maximum atomic E-state index is 11.8. The van der Waals surface area contributed by atoms with Gasteiger partial charge in [0.15, 0.2) is 5.76 Å². The van der Waals surface area contributed by atoms with Crippen molar-refractivity contribution < 1.29 is 24.2 Å². The first kappa shape index (κ1) is 26.3. The molecule has 0 aliphatic carbocycles. The average Bonchev–Trinajstić information content (AvgIpc) is 3.28. The second-order valence-electron chi connectivity index (χ2n) is 8.87. The number of aryl methyl sites for hydroxylation is 2. The largest absolute Gasteiger partial charge is 0.478 e. The second-order valence-corrected chi connectivity index (χ2v) is 8.87. The van der Waals surface area contributed by atoms with Crippen LogP contribution in [0.3, 0.4) is 0 Å². The van der Waals surface area contributed by atoms with E-state index in [0.717, 1.165) is 24.2 Å². The maximum absolute atomic E-state index is 11.8. The van der Waals surface area contributed by atoms with E-state index in [1.165, 1.54) is 49.7 Å². The minimum Gasteiger partial charge on any atom is -0.478 e. The highest BCUT2D eigenvalue weighted by Crippen LogP contribution is 2.24. The van der Waals surface area contributed by atoms with E-state index < -0.39 is 11.9 Å². The third kappa shape index (κ3) is 6.51. The molecule has 4 aromatic rings. The van der Waals surface area contributed by atoms with Gasteiger partial charge in [0.2, 0.25) is 0 Å². The zero-order valence-electron chi connectivity index (χ0n) is 21.2. The zero-order chi connectivity index (χ0) is 27.1. The van der Waals surface area contributed by atoms with Gasteiger partial charge in [0, 0.05) is 23.5 Å². The molecule has 0 saturated heterocycles. The number of aromatic carboxylic acids is 2. The van der Waals surface area contributed by atoms with Crippen molar-refractivity contribution in [2.45, 2.75) is 46.0 Å². The number of nitrogens with zero attached hydrogens (tertiary/aromatic N) is 3. The molecule has 0 amide bonds. The smallest absolute Gasteiger partial charge is 0.335 e. The maximum Gasteiger partial charge on any atom is 0.335 e. The molecule has 4 rings (SSSR count). The predicted molar refractivity (Wildman–Crippen MR) is 142 cm³/mol. The van der Waals surface area contributed by atoms with Crippen LogP contribution >= 0.6 is 0 Å². The first-order valence-electron chi connectivity index (χ1n) is 12.4. The van der Waals surface area contributed by atoms with Crippen LogP contribution in [-0.4, -0.2) is 37.1 Å². The lowest BCUT2D eigenvalue weighted by molar-refractivity contribution is 0.0686. The van der Waals surface area contributed by atoms with E-state index in [9.17, 15) is 19.8 Å². The fourth-order valence-corrected chi connectivity index (χ4v) is 4.00. The fourth-order valence-electron chi connectivity index (χ4n) is 4.00. The van der Waals surface area contributed by atoms with Crippen LogP contribution in [0.4, 0.5) is 0 Å². The third-order valence-corrected chi connectivity index (χ3v) is 5.92. The van der Waals surface area contributed by atoms with Crippen molar-refractivity contribution in [1.82, 2.24) is 15.0 Å². The van der Waals surface area contributed by atoms with E-state index in [0.29, 0.717) is 22.7 Å². The Hall–Kier alpha value is -4.77. The molecule has 0 radical (unpaired) electrons. The molecule has 2 N–H and O–H groups in total. The number of aromatic nitrogens is 3. The van der Waals surface area contributed by atoms with Gasteiger partial charge in [0.25, 0.3) is 0 Å². The summed E-state index contributed by atoms with van der Waals surface area (Å²) in [4.78, 5) is 36.3. The highest BCUT2D eigenvalue weighted by atomic mass is 16.4. The van der Waals surface area contributed by atoms with Crippen LogP contribution in [0.5, 0.6) is 0 Å². The van der Waals surface area contributed by atoms with Crippen LogP contribution in [0.2, 0.25) is 0 Å². The summed E-state index contributed by atoms with van der Waals surface area (Å²) in [5.41, 5.74) is 2.94. The standard InChI is InChI=1S/C30H27N3O5/c1-3-4-5-6-7-21-14-19(2)38-28(21)9-8-20-10-12-31-24(15-20)26-17-23(30(36)37)18-27(33-26)25-16-22(29(34)35)11-13-32-25/h10-18H,3-7H2,1-2H3,(H,34,35)(H,36,37). The van der Waals surface area contributed by atoms with Crippen molar-refractivity contribution in [2.24, 2.45) is 0 Å². The van der Waals surface area contributed by atoms with Crippen LogP contribution in [0, 0.1) is 18.8 Å². The molecule has 4 heterocycles. The van der Waals surface area contributed by atoms with Crippen molar-refractivity contribution in [1.29, 1.82) is 0 Å². The van der Waals surface area contributed by atoms with E-state index in [1.54, 1.807) is 18.3 Å². The Morgan fingerprint density at radius 1 is 0.816 bits per heavy atom. The number of hydrogen-bond donors (Lipinski definition) is 2. The van der Waals surface area contributed by atoms with Gasteiger partial charge < -0.3 is 14.6 Å². The van der Waals surface area contributed by atoms with Gasteiger partial charge in [-0.05, 0) is 68.2 Å². The van der Waals surface area contributed by atoms with Gasteiger partial charge in [-0.1, -0.05) is 32.1 Å². The van der Waals surface area contributed by atoms with Crippen molar-refractivity contribution in [3.05, 3.63) is 88.6 Å². The Morgan fingerprint density at radius 3 is 2.16 bits per heavy atom. The van der Waals surface area contributed by atoms with Gasteiger partial charge in [-0.2, -0.15) is 0 Å². The van der Waals surface area contributed by atoms with Gasteiger partial charge >= 0.3 is 11.9 Å². The molecule has 0 atom stereocenters. The lowest BCUT2D eigenvalue weighted by Crippen LogP contribution is -2.02. The van der Waals surface area contributed by atoms with E-state index in [4.69, 9.17) is 4.42 Å². The summed E-state index contributed by atoms with van der Waals surface area (Å²) < 4.78 is 5.83. The van der Waals surface area contributed by atoms with E-state index >= 15 is 0 Å². The monoisotopic (exact) mass is 509 g/mol. The lowest BCUT2D eigenvalue weighted by atomic mass is 10.1. The number of carbonyl (C=O) groups is 2. The number of hydrogen-bond acceptors (Lipinski definition) is 6. The lowest BCUT2D eigenvalue weighted by Gasteiger charge is -2.07. The summed E-state index contributed by atoms with van der Waals surface area (Å²) >= 11 is 0. The van der Waals surface area contributed by atoms with E-state index in [1.807, 2.05) is 13.0 Å². The van der Waals surface area contributed by atoms with Crippen LogP contribution in [0.1, 0.15) is 76.0 Å². The van der Waals surface area contributed by atoms with E-state index in [-0.39, 0.29) is 22.5 Å². The van der Waals surface area contributed by atoms with Gasteiger partial charge in [-0.25, -0.2) is 14.6 Å². The Balaban J connectivity index is 1.67. The zero-order valence-corrected chi connectivity index (χ0v) is 21.2. The van der Waals surface area contributed by atoms with Gasteiger partial charge in [-0.3, -0.25) is 9.97 Å². The Kier molecular flexibility index (Phi) is 8.29. The van der Waals surface area contributed by atoms with Crippen LogP contribution in [0.15, 0.2) is 59.3 Å². The summed E-state index contributed by atoms with van der Waals surface area (Å²) in [5.74, 6) is 5.45. The summed E-state index contributed by atoms with van der Waals surface area (Å²) in [6.45, 7) is 4.09. The van der Waals surface area contributed by atoms with Crippen molar-refractivity contribution in [2.75, 3.05) is 0 Å². The molecule has 38 heavy (non-hydrogen) atoms. The highest BCUT2D eigenvalue weighted by Gasteiger charge is 2.15. The molecular formula is C30H27N3O5. The molecule has 192 valence electrons. The highest BCUT2D eigenvalue weighted by molar-refractivity contribution is 5.91. The second kappa shape index (κ2) is 12.0. The van der Waals surface area contributed by atoms with Crippen molar-refractivity contribution in [3.8, 4) is 34.6 Å². The molecular weight excluding hydrogens is 482 g/mol. The molecule has 8 heteroatoms. The van der Waals surface area contributed by atoms with Crippen molar-refractivity contribution >= 4 is 11.9 Å². The summed E-state index contributed by atoms with van der Waals surface area (Å²) in [6, 6.07) is 11.0. The molecule has 0 aliphatic heterocycles. The van der Waals surface area contributed by atoms with Gasteiger partial charge in [0.1, 0.15) is 5.76 Å². The number of carboxylic acid groups (broad SMARTS) is 2. The summed E-state index contributed by atoms with van der Waals surface area (Å²) in [6.07, 6.45) is 8.47.